The van der Waals surface area contributed by atoms with E-state index in [0.717, 1.165) is 11.1 Å². The van der Waals surface area contributed by atoms with Crippen molar-refractivity contribution in [1.29, 1.82) is 0 Å². The summed E-state index contributed by atoms with van der Waals surface area (Å²) < 4.78 is 37.0. The van der Waals surface area contributed by atoms with Crippen LogP contribution < -0.4 is 15.8 Å². The van der Waals surface area contributed by atoms with Crippen molar-refractivity contribution >= 4 is 5.91 Å². The lowest BCUT2D eigenvalue weighted by Gasteiger charge is -2.13. The molecule has 0 aliphatic carbocycles. The van der Waals surface area contributed by atoms with E-state index in [1.165, 1.54) is 6.07 Å². The number of carbonyl (C=O) groups is 1. The maximum Gasteiger partial charge on any atom is 0.287 e. The molecule has 0 fully saturated rings. The number of halogens is 2. The van der Waals surface area contributed by atoms with Crippen LogP contribution in [0.1, 0.15) is 27.4 Å². The van der Waals surface area contributed by atoms with E-state index in [1.807, 2.05) is 32.0 Å². The van der Waals surface area contributed by atoms with Crippen molar-refractivity contribution in [3.63, 3.8) is 0 Å². The van der Waals surface area contributed by atoms with Gasteiger partial charge in [-0.3, -0.25) is 4.79 Å². The van der Waals surface area contributed by atoms with Crippen molar-refractivity contribution in [1.82, 2.24) is 5.32 Å². The van der Waals surface area contributed by atoms with Crippen molar-refractivity contribution in [2.45, 2.75) is 26.4 Å². The van der Waals surface area contributed by atoms with Gasteiger partial charge in [0.05, 0.1) is 13.1 Å². The number of furan rings is 1. The Balaban J connectivity index is 1.92. The van der Waals surface area contributed by atoms with Crippen LogP contribution >= 0.6 is 0 Å². The summed E-state index contributed by atoms with van der Waals surface area (Å²) >= 11 is 0. The van der Waals surface area contributed by atoms with Crippen molar-refractivity contribution in [3.05, 3.63) is 53.0 Å². The molecule has 2 rings (SSSR count). The summed E-state index contributed by atoms with van der Waals surface area (Å²) in [4.78, 5) is 11.8. The van der Waals surface area contributed by atoms with Gasteiger partial charge in [-0.2, -0.15) is 0 Å². The van der Waals surface area contributed by atoms with Gasteiger partial charge in [0.2, 0.25) is 0 Å². The van der Waals surface area contributed by atoms with Crippen molar-refractivity contribution in [3.8, 4) is 5.75 Å². The summed E-state index contributed by atoms with van der Waals surface area (Å²) in [6.45, 7) is 2.39. The molecule has 0 saturated carbocycles. The molecule has 1 amide bonds. The topological polar surface area (TPSA) is 77.5 Å². The van der Waals surface area contributed by atoms with Gasteiger partial charge in [0.1, 0.15) is 18.1 Å². The van der Waals surface area contributed by atoms with Gasteiger partial charge in [0, 0.05) is 0 Å². The number of carbonyl (C=O) groups excluding carboxylic acids is 1. The van der Waals surface area contributed by atoms with Crippen LogP contribution in [0, 0.1) is 13.8 Å². The highest BCUT2D eigenvalue weighted by Gasteiger charge is 2.27. The van der Waals surface area contributed by atoms with E-state index in [-0.39, 0.29) is 12.4 Å². The summed E-state index contributed by atoms with van der Waals surface area (Å²) in [5.74, 6) is -2.78. The van der Waals surface area contributed by atoms with E-state index >= 15 is 0 Å². The third-order valence-electron chi connectivity index (χ3n) is 3.39. The van der Waals surface area contributed by atoms with Crippen LogP contribution in [0.15, 0.2) is 34.7 Å². The molecule has 1 heterocycles. The molecule has 3 N–H and O–H groups in total. The van der Waals surface area contributed by atoms with E-state index in [0.29, 0.717) is 11.5 Å². The fourth-order valence-electron chi connectivity index (χ4n) is 2.06. The lowest BCUT2D eigenvalue weighted by atomic mass is 10.1. The number of nitrogens with two attached hydrogens (primary N) is 1. The van der Waals surface area contributed by atoms with Gasteiger partial charge in [-0.1, -0.05) is 17.7 Å². The van der Waals surface area contributed by atoms with Gasteiger partial charge < -0.3 is 20.2 Å². The zero-order valence-electron chi connectivity index (χ0n) is 13.6. The molecular formula is C17H20F2N2O3. The first kappa shape index (κ1) is 17.9. The minimum absolute atomic E-state index is 0.0537. The number of benzene rings is 1. The highest BCUT2D eigenvalue weighted by atomic mass is 19.3. The Morgan fingerprint density at radius 1 is 1.29 bits per heavy atom. The number of amides is 1. The Labute approximate surface area is 138 Å². The molecule has 0 bridgehead atoms. The van der Waals surface area contributed by atoms with Crippen LogP contribution in [0.4, 0.5) is 8.78 Å². The average Bonchev–Trinajstić information content (AvgIpc) is 3.01. The second kappa shape index (κ2) is 7.44. The van der Waals surface area contributed by atoms with Crippen LogP contribution in [-0.4, -0.2) is 24.9 Å². The highest BCUT2D eigenvalue weighted by molar-refractivity contribution is 5.91. The molecule has 1 aromatic carbocycles. The Hall–Kier alpha value is -2.41. The van der Waals surface area contributed by atoms with Gasteiger partial charge in [-0.15, -0.1) is 0 Å². The molecule has 0 saturated heterocycles. The van der Waals surface area contributed by atoms with Gasteiger partial charge in [0.15, 0.2) is 5.76 Å². The number of nitrogens with one attached hydrogen (secondary N) is 1. The van der Waals surface area contributed by atoms with Crippen molar-refractivity contribution in [2.75, 3.05) is 13.1 Å². The molecule has 0 atom stereocenters. The third-order valence-corrected chi connectivity index (χ3v) is 3.39. The fourth-order valence-corrected chi connectivity index (χ4v) is 2.06. The second-order valence-corrected chi connectivity index (χ2v) is 5.57. The molecule has 1 aromatic heterocycles. The van der Waals surface area contributed by atoms with E-state index in [9.17, 15) is 13.6 Å². The number of rotatable bonds is 7. The Kier molecular flexibility index (Phi) is 5.56. The summed E-state index contributed by atoms with van der Waals surface area (Å²) in [6.07, 6.45) is 0. The molecule has 24 heavy (non-hydrogen) atoms. The number of hydrogen-bond acceptors (Lipinski definition) is 4. The number of aryl methyl sites for hydroxylation is 2. The van der Waals surface area contributed by atoms with Crippen LogP contribution in [0.2, 0.25) is 0 Å². The molecule has 0 spiro atoms. The first-order valence-corrected chi connectivity index (χ1v) is 7.45. The highest BCUT2D eigenvalue weighted by Crippen LogP contribution is 2.20. The standard InChI is InChI=1S/C17H20F2N2O3/c1-11-3-5-14(12(2)7-11)23-8-13-4-6-15(24-13)16(22)21-10-17(18,19)9-20/h3-7H,8-10,20H2,1-2H3,(H,21,22). The molecule has 130 valence electrons. The molecule has 0 unspecified atom stereocenters. The maximum atomic E-state index is 13.0. The monoisotopic (exact) mass is 338 g/mol. The SMILES string of the molecule is Cc1ccc(OCc2ccc(C(=O)NCC(F)(F)CN)o2)c(C)c1. The van der Waals surface area contributed by atoms with E-state index in [2.05, 4.69) is 5.32 Å². The lowest BCUT2D eigenvalue weighted by molar-refractivity contribution is 0.0115. The number of hydrogen-bond donors (Lipinski definition) is 2. The molecular weight excluding hydrogens is 318 g/mol. The van der Waals surface area contributed by atoms with Gasteiger partial charge >= 0.3 is 0 Å². The smallest absolute Gasteiger partial charge is 0.287 e. The van der Waals surface area contributed by atoms with Crippen LogP contribution in [-0.2, 0) is 6.61 Å². The van der Waals surface area contributed by atoms with E-state index in [4.69, 9.17) is 14.9 Å². The van der Waals surface area contributed by atoms with Crippen LogP contribution in [0.25, 0.3) is 0 Å². The first-order chi connectivity index (χ1) is 11.3. The van der Waals surface area contributed by atoms with Gasteiger partial charge in [-0.05, 0) is 37.6 Å². The minimum Gasteiger partial charge on any atom is -0.485 e. The quantitative estimate of drug-likeness (QED) is 0.814. The zero-order chi connectivity index (χ0) is 17.7. The largest absolute Gasteiger partial charge is 0.485 e. The zero-order valence-corrected chi connectivity index (χ0v) is 13.6. The molecule has 2 aromatic rings. The number of alkyl halides is 2. The van der Waals surface area contributed by atoms with Crippen LogP contribution in [0.5, 0.6) is 5.75 Å². The van der Waals surface area contributed by atoms with Gasteiger partial charge in [0.25, 0.3) is 11.8 Å². The summed E-state index contributed by atoms with van der Waals surface area (Å²) in [7, 11) is 0. The second-order valence-electron chi connectivity index (χ2n) is 5.57. The lowest BCUT2D eigenvalue weighted by Crippen LogP contribution is -2.41. The van der Waals surface area contributed by atoms with Crippen molar-refractivity contribution in [2.24, 2.45) is 5.73 Å². The molecule has 7 heteroatoms. The summed E-state index contributed by atoms with van der Waals surface area (Å²) in [5.41, 5.74) is 7.03. The predicted octanol–water partition coefficient (Wildman–Crippen LogP) is 2.80. The molecule has 0 aliphatic heterocycles. The molecule has 0 radical (unpaired) electrons. The van der Waals surface area contributed by atoms with Crippen LogP contribution in [0.3, 0.4) is 0 Å². The fraction of sp³-hybridized carbons (Fsp3) is 0.353. The predicted molar refractivity (Wildman–Crippen MR) is 85.3 cm³/mol. The van der Waals surface area contributed by atoms with Gasteiger partial charge in [-0.25, -0.2) is 8.78 Å². The number of ether oxygens (including phenoxy) is 1. The maximum absolute atomic E-state index is 13.0. The Morgan fingerprint density at radius 2 is 2.04 bits per heavy atom. The molecule has 0 aliphatic rings. The summed E-state index contributed by atoms with van der Waals surface area (Å²) in [5, 5.41) is 2.09. The van der Waals surface area contributed by atoms with E-state index in [1.54, 1.807) is 6.07 Å². The first-order valence-electron chi connectivity index (χ1n) is 7.45. The Bertz CT molecular complexity index is 714. The molecule has 5 nitrogen and oxygen atoms in total. The average molecular weight is 338 g/mol. The summed E-state index contributed by atoms with van der Waals surface area (Å²) in [6, 6.07) is 8.77. The Morgan fingerprint density at radius 3 is 2.71 bits per heavy atom. The third kappa shape index (κ3) is 4.79. The normalized spacial score (nSPS) is 11.4. The minimum atomic E-state index is -3.14. The van der Waals surface area contributed by atoms with E-state index < -0.39 is 24.9 Å². The van der Waals surface area contributed by atoms with Crippen molar-refractivity contribution < 1.29 is 22.7 Å².